The Morgan fingerprint density at radius 2 is 0.737 bits per heavy atom. The molecule has 0 aliphatic rings. The second kappa shape index (κ2) is 10.4. The highest BCUT2D eigenvalue weighted by atomic mass is 14.2. The summed E-state index contributed by atoms with van der Waals surface area (Å²) in [4.78, 5) is 0. The molecule has 0 radical (unpaired) electrons. The van der Waals surface area contributed by atoms with Crippen LogP contribution < -0.4 is 0 Å². The molecule has 0 N–H and O–H groups in total. The van der Waals surface area contributed by atoms with Gasteiger partial charge >= 0.3 is 0 Å². The van der Waals surface area contributed by atoms with Gasteiger partial charge < -0.3 is 0 Å². The van der Waals surface area contributed by atoms with Crippen molar-refractivity contribution in [3.8, 4) is 55.6 Å². The molecule has 38 heavy (non-hydrogen) atoms. The Hall–Kier alpha value is -4.68. The molecule has 0 fully saturated rings. The van der Waals surface area contributed by atoms with E-state index in [-0.39, 0.29) is 0 Å². The Labute approximate surface area is 225 Å². The van der Waals surface area contributed by atoms with Crippen LogP contribution in [0.3, 0.4) is 0 Å². The largest absolute Gasteiger partial charge is 0.0622 e. The fourth-order valence-corrected chi connectivity index (χ4v) is 5.33. The molecule has 0 bridgehead atoms. The normalized spacial score (nSPS) is 10.9. The van der Waals surface area contributed by atoms with Crippen molar-refractivity contribution in [3.63, 3.8) is 0 Å². The van der Waals surface area contributed by atoms with Crippen LogP contribution >= 0.6 is 0 Å². The molecule has 0 saturated heterocycles. The highest BCUT2D eigenvalue weighted by Crippen LogP contribution is 2.38. The van der Waals surface area contributed by atoms with Crippen molar-refractivity contribution in [1.29, 1.82) is 0 Å². The zero-order valence-corrected chi connectivity index (χ0v) is 21.9. The maximum atomic E-state index is 2.35. The summed E-state index contributed by atoms with van der Waals surface area (Å²) in [5.74, 6) is 0. The van der Waals surface area contributed by atoms with E-state index in [1.807, 2.05) is 0 Å². The summed E-state index contributed by atoms with van der Waals surface area (Å²) in [5, 5.41) is 0. The fourth-order valence-electron chi connectivity index (χ4n) is 5.33. The first-order chi connectivity index (χ1) is 18.7. The minimum atomic E-state index is 1.23. The SMILES string of the molecule is Cc1ccc(-c2ccccc2)cc1-c1cccc(-c2cc(-c3ccccc3)cc(-c3ccccc3)c2C)c1. The van der Waals surface area contributed by atoms with Crippen molar-refractivity contribution >= 4 is 0 Å². The molecule has 0 unspecified atom stereocenters. The number of rotatable bonds is 5. The molecule has 182 valence electrons. The quantitative estimate of drug-likeness (QED) is 0.227. The highest BCUT2D eigenvalue weighted by molar-refractivity contribution is 5.86. The Morgan fingerprint density at radius 1 is 0.289 bits per heavy atom. The van der Waals surface area contributed by atoms with Gasteiger partial charge in [0.1, 0.15) is 0 Å². The molecule has 6 aromatic carbocycles. The topological polar surface area (TPSA) is 0 Å². The summed E-state index contributed by atoms with van der Waals surface area (Å²) < 4.78 is 0. The predicted octanol–water partition coefficient (Wildman–Crippen LogP) is 10.6. The number of aryl methyl sites for hydroxylation is 1. The van der Waals surface area contributed by atoms with Crippen LogP contribution in [0.1, 0.15) is 11.1 Å². The lowest BCUT2D eigenvalue weighted by molar-refractivity contribution is 1.43. The Balaban J connectivity index is 1.51. The first-order valence-electron chi connectivity index (χ1n) is 13.2. The summed E-state index contributed by atoms with van der Waals surface area (Å²) in [6.45, 7) is 4.45. The Morgan fingerprint density at radius 3 is 1.34 bits per heavy atom. The Bertz CT molecular complexity index is 1690. The molecule has 0 aliphatic heterocycles. The van der Waals surface area contributed by atoms with Gasteiger partial charge in [0.25, 0.3) is 0 Å². The molecule has 6 rings (SSSR count). The molecule has 0 heterocycles. The van der Waals surface area contributed by atoms with E-state index in [1.165, 1.54) is 66.8 Å². The number of benzene rings is 6. The van der Waals surface area contributed by atoms with Gasteiger partial charge in [0.2, 0.25) is 0 Å². The molecule has 0 nitrogen and oxygen atoms in total. The van der Waals surface area contributed by atoms with Crippen LogP contribution in [0, 0.1) is 13.8 Å². The van der Waals surface area contributed by atoms with Crippen LogP contribution in [-0.4, -0.2) is 0 Å². The van der Waals surface area contributed by atoms with Crippen LogP contribution in [0.15, 0.2) is 146 Å². The van der Waals surface area contributed by atoms with E-state index in [9.17, 15) is 0 Å². The second-order valence-corrected chi connectivity index (χ2v) is 9.90. The monoisotopic (exact) mass is 486 g/mol. The van der Waals surface area contributed by atoms with Gasteiger partial charge in [-0.1, -0.05) is 121 Å². The van der Waals surface area contributed by atoms with E-state index >= 15 is 0 Å². The molecule has 0 amide bonds. The molecule has 0 atom stereocenters. The lowest BCUT2D eigenvalue weighted by atomic mass is 9.87. The molecular formula is C38H30. The van der Waals surface area contributed by atoms with Crippen molar-refractivity contribution in [3.05, 3.63) is 157 Å². The minimum Gasteiger partial charge on any atom is -0.0622 e. The van der Waals surface area contributed by atoms with E-state index in [0.717, 1.165) is 0 Å². The van der Waals surface area contributed by atoms with Crippen LogP contribution in [0.4, 0.5) is 0 Å². The standard InChI is InChI=1S/C38H30/c1-27-21-22-32(29-13-6-3-7-14-29)24-36(27)33-19-12-20-34(23-33)38-26-35(30-15-8-4-9-16-30)25-37(28(38)2)31-17-10-5-11-18-31/h3-26H,1-2H3. The summed E-state index contributed by atoms with van der Waals surface area (Å²) in [7, 11) is 0. The van der Waals surface area contributed by atoms with Gasteiger partial charge in [-0.2, -0.15) is 0 Å². The lowest BCUT2D eigenvalue weighted by Gasteiger charge is -2.17. The number of hydrogen-bond donors (Lipinski definition) is 0. The van der Waals surface area contributed by atoms with Gasteiger partial charge in [0.15, 0.2) is 0 Å². The third kappa shape index (κ3) is 4.69. The summed E-state index contributed by atoms with van der Waals surface area (Å²) >= 11 is 0. The van der Waals surface area contributed by atoms with Crippen LogP contribution in [0.2, 0.25) is 0 Å². The van der Waals surface area contributed by atoms with Gasteiger partial charge in [-0.25, -0.2) is 0 Å². The van der Waals surface area contributed by atoms with E-state index in [1.54, 1.807) is 0 Å². The zero-order valence-electron chi connectivity index (χ0n) is 21.9. The van der Waals surface area contributed by atoms with Crippen molar-refractivity contribution in [2.75, 3.05) is 0 Å². The van der Waals surface area contributed by atoms with E-state index in [0.29, 0.717) is 0 Å². The van der Waals surface area contributed by atoms with Crippen LogP contribution in [0.25, 0.3) is 55.6 Å². The fraction of sp³-hybridized carbons (Fsp3) is 0.0526. The van der Waals surface area contributed by atoms with E-state index < -0.39 is 0 Å². The van der Waals surface area contributed by atoms with Gasteiger partial charge in [-0.15, -0.1) is 0 Å². The van der Waals surface area contributed by atoms with Gasteiger partial charge in [-0.3, -0.25) is 0 Å². The van der Waals surface area contributed by atoms with Gasteiger partial charge in [0, 0.05) is 0 Å². The summed E-state index contributed by atoms with van der Waals surface area (Å²) in [6, 6.07) is 52.5. The van der Waals surface area contributed by atoms with Crippen LogP contribution in [-0.2, 0) is 0 Å². The highest BCUT2D eigenvalue weighted by Gasteiger charge is 2.14. The maximum Gasteiger partial charge on any atom is -0.0142 e. The average Bonchev–Trinajstić information content (AvgIpc) is 2.99. The lowest BCUT2D eigenvalue weighted by Crippen LogP contribution is -1.92. The average molecular weight is 487 g/mol. The first kappa shape index (κ1) is 23.7. The smallest absolute Gasteiger partial charge is 0.0142 e. The molecule has 0 aliphatic carbocycles. The third-order valence-electron chi connectivity index (χ3n) is 7.43. The molecule has 0 heteroatoms. The summed E-state index contributed by atoms with van der Waals surface area (Å²) in [5.41, 5.74) is 15.0. The van der Waals surface area contributed by atoms with Crippen LogP contribution in [0.5, 0.6) is 0 Å². The zero-order chi connectivity index (χ0) is 25.9. The second-order valence-electron chi connectivity index (χ2n) is 9.90. The van der Waals surface area contributed by atoms with Crippen molar-refractivity contribution < 1.29 is 0 Å². The Kier molecular flexibility index (Phi) is 6.46. The molecule has 0 spiro atoms. The summed E-state index contributed by atoms with van der Waals surface area (Å²) in [6.07, 6.45) is 0. The number of hydrogen-bond acceptors (Lipinski definition) is 0. The molecule has 0 saturated carbocycles. The first-order valence-corrected chi connectivity index (χ1v) is 13.2. The molecule has 6 aromatic rings. The van der Waals surface area contributed by atoms with Crippen molar-refractivity contribution in [1.82, 2.24) is 0 Å². The van der Waals surface area contributed by atoms with E-state index in [4.69, 9.17) is 0 Å². The molecular weight excluding hydrogens is 456 g/mol. The van der Waals surface area contributed by atoms with Gasteiger partial charge in [0.05, 0.1) is 0 Å². The van der Waals surface area contributed by atoms with Crippen molar-refractivity contribution in [2.45, 2.75) is 13.8 Å². The van der Waals surface area contributed by atoms with Gasteiger partial charge in [-0.05, 0) is 105 Å². The maximum absolute atomic E-state index is 2.35. The molecule has 0 aromatic heterocycles. The predicted molar refractivity (Wildman–Crippen MR) is 163 cm³/mol. The van der Waals surface area contributed by atoms with Crippen molar-refractivity contribution in [2.24, 2.45) is 0 Å². The van der Waals surface area contributed by atoms with E-state index in [2.05, 4.69) is 159 Å². The minimum absolute atomic E-state index is 1.23. The third-order valence-corrected chi connectivity index (χ3v) is 7.43.